The number of fused-ring (bicyclic) bond motifs is 1. The minimum absolute atomic E-state index is 0.00614. The van der Waals surface area contributed by atoms with Crippen LogP contribution in [0.3, 0.4) is 0 Å². The van der Waals surface area contributed by atoms with Gasteiger partial charge in [-0.05, 0) is 55.5 Å². The highest BCUT2D eigenvalue weighted by molar-refractivity contribution is 8.23. The quantitative estimate of drug-likeness (QED) is 0.437. The Labute approximate surface area is 177 Å². The van der Waals surface area contributed by atoms with Gasteiger partial charge in [0.1, 0.15) is 0 Å². The zero-order valence-corrected chi connectivity index (χ0v) is 16.8. The standard InChI is InChI=1S/C21H16F3N3O3S/c1-12(28)13-4-7-15(8-5-13)26-20-16-9-6-14(11-18(16)31(29,30)27-20)19-17(21(22,23)24)3-2-10-25-19/h2-11,29-30H,1H3,(H,26,27). The van der Waals surface area contributed by atoms with Crippen LogP contribution in [-0.4, -0.2) is 25.7 Å². The van der Waals surface area contributed by atoms with Crippen molar-refractivity contribution >= 4 is 28.1 Å². The van der Waals surface area contributed by atoms with E-state index in [1.807, 2.05) is 0 Å². The van der Waals surface area contributed by atoms with Crippen LogP contribution in [0.15, 0.2) is 70.1 Å². The smallest absolute Gasteiger partial charge is 0.338 e. The van der Waals surface area contributed by atoms with Gasteiger partial charge in [0.25, 0.3) is 0 Å². The molecule has 0 amide bonds. The molecule has 31 heavy (non-hydrogen) atoms. The van der Waals surface area contributed by atoms with Crippen molar-refractivity contribution in [3.63, 3.8) is 0 Å². The van der Waals surface area contributed by atoms with Gasteiger partial charge in [0.15, 0.2) is 11.6 Å². The van der Waals surface area contributed by atoms with Crippen molar-refractivity contribution in [2.24, 2.45) is 4.40 Å². The number of pyridine rings is 1. The molecule has 0 saturated heterocycles. The molecule has 6 nitrogen and oxygen atoms in total. The van der Waals surface area contributed by atoms with Crippen LogP contribution in [0.2, 0.25) is 0 Å². The Morgan fingerprint density at radius 1 is 1.06 bits per heavy atom. The van der Waals surface area contributed by atoms with Gasteiger partial charge in [0.05, 0.1) is 16.2 Å². The number of hydrogen-bond acceptors (Lipinski definition) is 6. The van der Waals surface area contributed by atoms with E-state index in [4.69, 9.17) is 0 Å². The van der Waals surface area contributed by atoms with Crippen molar-refractivity contribution in [1.29, 1.82) is 0 Å². The first-order valence-electron chi connectivity index (χ1n) is 8.99. The molecule has 1 aliphatic rings. The zero-order valence-electron chi connectivity index (χ0n) is 16.0. The number of carbonyl (C=O) groups is 1. The van der Waals surface area contributed by atoms with Crippen molar-refractivity contribution in [3.05, 3.63) is 77.5 Å². The number of alkyl halides is 3. The molecule has 1 aliphatic heterocycles. The second-order valence-electron chi connectivity index (χ2n) is 6.83. The summed E-state index contributed by atoms with van der Waals surface area (Å²) in [6.07, 6.45) is -3.37. The molecule has 0 saturated carbocycles. The van der Waals surface area contributed by atoms with Gasteiger partial charge in [0.2, 0.25) is 0 Å². The van der Waals surface area contributed by atoms with Crippen LogP contribution in [0, 0.1) is 0 Å². The van der Waals surface area contributed by atoms with Gasteiger partial charge < -0.3 is 5.32 Å². The van der Waals surface area contributed by atoms with Gasteiger partial charge >= 0.3 is 6.18 Å². The third-order valence-corrected chi connectivity index (χ3v) is 6.06. The number of nitrogens with one attached hydrogen (secondary N) is 1. The second-order valence-corrected chi connectivity index (χ2v) is 8.49. The number of ketones is 1. The Morgan fingerprint density at radius 3 is 2.42 bits per heavy atom. The van der Waals surface area contributed by atoms with Crippen LogP contribution in [0.25, 0.3) is 11.3 Å². The van der Waals surface area contributed by atoms with Crippen LogP contribution in [-0.2, 0) is 6.18 Å². The highest BCUT2D eigenvalue weighted by Gasteiger charge is 2.35. The Bertz CT molecular complexity index is 1210. The third kappa shape index (κ3) is 4.05. The van der Waals surface area contributed by atoms with Crippen LogP contribution in [0.5, 0.6) is 0 Å². The molecule has 4 rings (SSSR count). The topological polar surface area (TPSA) is 94.8 Å². The Balaban J connectivity index is 1.71. The molecule has 2 heterocycles. The summed E-state index contributed by atoms with van der Waals surface area (Å²) in [5, 5.41) is 2.96. The summed E-state index contributed by atoms with van der Waals surface area (Å²) in [4.78, 5) is 15.3. The number of carbonyl (C=O) groups excluding carboxylic acids is 1. The number of Topliss-reactive ketones (excluding diaryl/α,β-unsaturated/α-hetero) is 1. The summed E-state index contributed by atoms with van der Waals surface area (Å²) in [7, 11) is -3.61. The molecular formula is C21H16F3N3O3S. The van der Waals surface area contributed by atoms with Gasteiger partial charge in [-0.1, -0.05) is 16.8 Å². The first-order valence-corrected chi connectivity index (χ1v) is 10.5. The number of aromatic nitrogens is 1. The first kappa shape index (κ1) is 21.0. The van der Waals surface area contributed by atoms with E-state index in [2.05, 4.69) is 14.7 Å². The lowest BCUT2D eigenvalue weighted by Crippen LogP contribution is -2.12. The molecule has 0 spiro atoms. The maximum atomic E-state index is 13.4. The summed E-state index contributed by atoms with van der Waals surface area (Å²) in [6.45, 7) is 1.44. The van der Waals surface area contributed by atoms with Crippen molar-refractivity contribution in [2.75, 3.05) is 5.32 Å². The average molecular weight is 447 g/mol. The molecule has 0 radical (unpaired) electrons. The fraction of sp³-hybridized carbons (Fsp3) is 0.0952. The average Bonchev–Trinajstić information content (AvgIpc) is 2.97. The van der Waals surface area contributed by atoms with Crippen LogP contribution in [0.4, 0.5) is 18.9 Å². The predicted octanol–water partition coefficient (Wildman–Crippen LogP) is 5.87. The molecule has 0 unspecified atom stereocenters. The lowest BCUT2D eigenvalue weighted by atomic mass is 10.0. The summed E-state index contributed by atoms with van der Waals surface area (Å²) in [6, 6.07) is 12.8. The minimum atomic E-state index is -4.61. The minimum Gasteiger partial charge on any atom is -0.338 e. The Hall–Kier alpha value is -3.21. The van der Waals surface area contributed by atoms with Gasteiger partial charge in [-0.25, -0.2) is 0 Å². The summed E-state index contributed by atoms with van der Waals surface area (Å²) < 4.78 is 64.9. The lowest BCUT2D eigenvalue weighted by Gasteiger charge is -2.23. The summed E-state index contributed by atoms with van der Waals surface area (Å²) in [5.74, 6) is 0.0683. The van der Waals surface area contributed by atoms with E-state index in [0.29, 0.717) is 16.8 Å². The van der Waals surface area contributed by atoms with Gasteiger partial charge in [-0.2, -0.15) is 13.2 Å². The number of nitrogens with zero attached hydrogens (tertiary/aromatic N) is 2. The molecule has 3 aromatic rings. The van der Waals surface area contributed by atoms with Crippen LogP contribution >= 0.6 is 10.8 Å². The summed E-state index contributed by atoms with van der Waals surface area (Å²) in [5.41, 5.74) is 0.283. The molecule has 2 aromatic carbocycles. The van der Waals surface area contributed by atoms with Gasteiger partial charge in [-0.3, -0.25) is 18.9 Å². The van der Waals surface area contributed by atoms with Crippen molar-refractivity contribution < 1.29 is 27.1 Å². The van der Waals surface area contributed by atoms with Gasteiger partial charge in [-0.15, -0.1) is 4.40 Å². The first-order chi connectivity index (χ1) is 14.6. The molecule has 0 atom stereocenters. The maximum Gasteiger partial charge on any atom is 0.418 e. The largest absolute Gasteiger partial charge is 0.418 e. The van der Waals surface area contributed by atoms with E-state index in [9.17, 15) is 27.1 Å². The SMILES string of the molecule is CC(=O)c1ccc(NC2=NS(O)(O)c3cc(-c4ncccc4C(F)(F)F)ccc32)cc1. The fourth-order valence-corrected chi connectivity index (χ4v) is 4.44. The molecule has 10 heteroatoms. The van der Waals surface area contributed by atoms with Crippen LogP contribution in [0.1, 0.15) is 28.4 Å². The van der Waals surface area contributed by atoms with Crippen molar-refractivity contribution in [3.8, 4) is 11.3 Å². The monoisotopic (exact) mass is 447 g/mol. The third-order valence-electron chi connectivity index (χ3n) is 4.69. The highest BCUT2D eigenvalue weighted by atomic mass is 32.3. The molecule has 0 bridgehead atoms. The fourth-order valence-electron chi connectivity index (χ4n) is 3.20. The van der Waals surface area contributed by atoms with Crippen molar-refractivity contribution in [2.45, 2.75) is 18.0 Å². The lowest BCUT2D eigenvalue weighted by molar-refractivity contribution is -0.137. The maximum absolute atomic E-state index is 13.4. The van der Waals surface area contributed by atoms with E-state index in [1.165, 1.54) is 37.4 Å². The van der Waals surface area contributed by atoms with E-state index in [-0.39, 0.29) is 27.8 Å². The van der Waals surface area contributed by atoms with E-state index >= 15 is 0 Å². The molecular weight excluding hydrogens is 431 g/mol. The molecule has 0 fully saturated rings. The van der Waals surface area contributed by atoms with E-state index < -0.39 is 22.5 Å². The number of anilines is 1. The number of amidine groups is 1. The van der Waals surface area contributed by atoms with E-state index in [0.717, 1.165) is 6.07 Å². The Kier molecular flexibility index (Phi) is 5.08. The number of benzene rings is 2. The van der Waals surface area contributed by atoms with Crippen LogP contribution < -0.4 is 5.32 Å². The number of halogens is 3. The molecule has 1 aromatic heterocycles. The number of rotatable bonds is 3. The highest BCUT2D eigenvalue weighted by Crippen LogP contribution is 2.56. The van der Waals surface area contributed by atoms with Crippen molar-refractivity contribution in [1.82, 2.24) is 4.98 Å². The van der Waals surface area contributed by atoms with E-state index in [1.54, 1.807) is 24.3 Å². The molecule has 3 N–H and O–H groups in total. The number of hydrogen-bond donors (Lipinski definition) is 3. The zero-order chi connectivity index (χ0) is 22.4. The normalized spacial score (nSPS) is 15.7. The second kappa shape index (κ2) is 7.49. The predicted molar refractivity (Wildman–Crippen MR) is 112 cm³/mol. The Morgan fingerprint density at radius 2 is 1.77 bits per heavy atom. The van der Waals surface area contributed by atoms with Gasteiger partial charge in [0, 0.05) is 28.6 Å². The summed E-state index contributed by atoms with van der Waals surface area (Å²) >= 11 is 0. The molecule has 0 aliphatic carbocycles. The molecule has 160 valence electrons.